The van der Waals surface area contributed by atoms with Gasteiger partial charge in [0.2, 0.25) is 21.8 Å². The highest BCUT2D eigenvalue weighted by Gasteiger charge is 2.33. The lowest BCUT2D eigenvalue weighted by Crippen LogP contribution is -2.53. The average Bonchev–Trinajstić information content (AvgIpc) is 3.36. The molecular formula is C28H39N3O5S. The molecule has 2 aromatic carbocycles. The summed E-state index contributed by atoms with van der Waals surface area (Å²) in [6.45, 7) is 5.75. The number of ether oxygens (including phenoxy) is 1. The monoisotopic (exact) mass is 529 g/mol. The fourth-order valence-corrected chi connectivity index (χ4v) is 5.65. The summed E-state index contributed by atoms with van der Waals surface area (Å²) in [6, 6.07) is 13.8. The van der Waals surface area contributed by atoms with E-state index in [4.69, 9.17) is 4.74 Å². The number of amides is 2. The van der Waals surface area contributed by atoms with E-state index in [1.165, 1.54) is 4.90 Å². The molecule has 2 amide bonds. The molecule has 8 nitrogen and oxygen atoms in total. The third kappa shape index (κ3) is 7.47. The van der Waals surface area contributed by atoms with Gasteiger partial charge in [-0.15, -0.1) is 0 Å². The van der Waals surface area contributed by atoms with E-state index in [1.54, 1.807) is 24.3 Å². The first-order chi connectivity index (χ1) is 17.7. The molecule has 202 valence electrons. The van der Waals surface area contributed by atoms with Crippen molar-refractivity contribution in [3.05, 3.63) is 59.7 Å². The van der Waals surface area contributed by atoms with Gasteiger partial charge in [-0.05, 0) is 56.4 Å². The van der Waals surface area contributed by atoms with E-state index in [0.29, 0.717) is 24.5 Å². The van der Waals surface area contributed by atoms with E-state index in [1.807, 2.05) is 45.0 Å². The van der Waals surface area contributed by atoms with Crippen LogP contribution in [-0.2, 0) is 26.2 Å². The second-order valence-corrected chi connectivity index (χ2v) is 11.4. The zero-order chi connectivity index (χ0) is 27.0. The molecule has 0 bridgehead atoms. The van der Waals surface area contributed by atoms with Crippen LogP contribution in [0.2, 0.25) is 0 Å². The van der Waals surface area contributed by atoms with Gasteiger partial charge in [-0.25, -0.2) is 8.42 Å². The van der Waals surface area contributed by atoms with Gasteiger partial charge in [0.1, 0.15) is 18.3 Å². The fourth-order valence-electron chi connectivity index (χ4n) is 4.79. The quantitative estimate of drug-likeness (QED) is 0.448. The normalized spacial score (nSPS) is 14.7. The summed E-state index contributed by atoms with van der Waals surface area (Å²) in [4.78, 5) is 28.8. The van der Waals surface area contributed by atoms with Crippen molar-refractivity contribution in [2.75, 3.05) is 23.7 Å². The maximum absolute atomic E-state index is 13.9. The molecule has 0 saturated heterocycles. The van der Waals surface area contributed by atoms with Crippen LogP contribution in [0.25, 0.3) is 0 Å². The molecule has 0 aromatic heterocycles. The Hall–Kier alpha value is -3.07. The molecule has 1 atom stereocenters. The summed E-state index contributed by atoms with van der Waals surface area (Å²) in [6.07, 6.45) is 5.50. The molecule has 1 saturated carbocycles. The van der Waals surface area contributed by atoms with Crippen LogP contribution in [0.1, 0.15) is 57.1 Å². The Balaban J connectivity index is 1.96. The molecule has 1 aliphatic carbocycles. The molecule has 3 rings (SSSR count). The zero-order valence-electron chi connectivity index (χ0n) is 22.3. The molecular weight excluding hydrogens is 490 g/mol. The maximum atomic E-state index is 13.9. The van der Waals surface area contributed by atoms with Crippen LogP contribution < -0.4 is 14.4 Å². The van der Waals surface area contributed by atoms with Gasteiger partial charge in [-0.3, -0.25) is 13.9 Å². The van der Waals surface area contributed by atoms with Crippen molar-refractivity contribution in [1.82, 2.24) is 10.2 Å². The lowest BCUT2D eigenvalue weighted by atomic mass is 10.1. The van der Waals surface area contributed by atoms with Gasteiger partial charge >= 0.3 is 0 Å². The molecule has 1 aliphatic rings. The Kier molecular flexibility index (Phi) is 9.97. The Morgan fingerprint density at radius 3 is 2.32 bits per heavy atom. The highest BCUT2D eigenvalue weighted by Crippen LogP contribution is 2.30. The minimum Gasteiger partial charge on any atom is -0.492 e. The van der Waals surface area contributed by atoms with Crippen molar-refractivity contribution in [3.8, 4) is 5.75 Å². The summed E-state index contributed by atoms with van der Waals surface area (Å²) < 4.78 is 32.5. The molecule has 37 heavy (non-hydrogen) atoms. The number of hydrogen-bond acceptors (Lipinski definition) is 5. The van der Waals surface area contributed by atoms with E-state index >= 15 is 0 Å². The molecule has 0 radical (unpaired) electrons. The van der Waals surface area contributed by atoms with E-state index in [0.717, 1.165) is 47.4 Å². The van der Waals surface area contributed by atoms with Crippen LogP contribution in [-0.4, -0.2) is 56.6 Å². The van der Waals surface area contributed by atoms with Gasteiger partial charge in [0.15, 0.2) is 0 Å². The highest BCUT2D eigenvalue weighted by molar-refractivity contribution is 7.92. The predicted molar refractivity (Wildman–Crippen MR) is 146 cm³/mol. The van der Waals surface area contributed by atoms with E-state index in [9.17, 15) is 18.0 Å². The van der Waals surface area contributed by atoms with Crippen molar-refractivity contribution < 1.29 is 22.7 Å². The number of nitrogens with one attached hydrogen (secondary N) is 1. The average molecular weight is 530 g/mol. The molecule has 0 spiro atoms. The third-order valence-electron chi connectivity index (χ3n) is 6.80. The smallest absolute Gasteiger partial charge is 0.244 e. The summed E-state index contributed by atoms with van der Waals surface area (Å²) in [5, 5.41) is 3.12. The first kappa shape index (κ1) is 28.5. The number of nitrogens with zero attached hydrogens (tertiary/aromatic N) is 2. The Bertz CT molecular complexity index is 1180. The van der Waals surface area contributed by atoms with E-state index < -0.39 is 28.5 Å². The van der Waals surface area contributed by atoms with Crippen LogP contribution in [0.3, 0.4) is 0 Å². The Morgan fingerprint density at radius 1 is 1.05 bits per heavy atom. The molecule has 0 heterocycles. The van der Waals surface area contributed by atoms with Crippen LogP contribution in [0.5, 0.6) is 5.75 Å². The summed E-state index contributed by atoms with van der Waals surface area (Å²) >= 11 is 0. The molecule has 0 aliphatic heterocycles. The van der Waals surface area contributed by atoms with Crippen LogP contribution in [0.15, 0.2) is 48.5 Å². The van der Waals surface area contributed by atoms with Gasteiger partial charge < -0.3 is 15.0 Å². The van der Waals surface area contributed by atoms with Gasteiger partial charge in [-0.2, -0.15) is 0 Å². The number of carbonyl (C=O) groups excluding carboxylic acids is 2. The predicted octanol–water partition coefficient (Wildman–Crippen LogP) is 4.03. The lowest BCUT2D eigenvalue weighted by Gasteiger charge is -2.34. The minimum absolute atomic E-state index is 0.113. The standard InChI is InChI=1S/C28H39N3O5S/c1-5-24(28(33)29-23-15-9-10-16-23)30(19-22-14-8-7-13-21(22)3)27(32)20-31(37(4,34)35)25-17-11-12-18-26(25)36-6-2/h7-8,11-14,17-18,23-24H,5-6,9-10,15-16,19-20H2,1-4H3,(H,29,33)/t24-/m1/s1. The number of carbonyl (C=O) groups is 2. The SMILES string of the molecule is CCOc1ccccc1N(CC(=O)N(Cc1ccccc1C)[C@H](CC)C(=O)NC1CCCC1)S(C)(=O)=O. The highest BCUT2D eigenvalue weighted by atomic mass is 32.2. The number of aryl methyl sites for hydroxylation is 1. The summed E-state index contributed by atoms with van der Waals surface area (Å²) in [5.41, 5.74) is 2.19. The Labute approximate surface area is 221 Å². The van der Waals surface area contributed by atoms with Gasteiger partial charge in [0.05, 0.1) is 18.6 Å². The van der Waals surface area contributed by atoms with Crippen LogP contribution in [0, 0.1) is 6.92 Å². The molecule has 0 unspecified atom stereocenters. The molecule has 9 heteroatoms. The van der Waals surface area contributed by atoms with E-state index in [2.05, 4.69) is 5.32 Å². The molecule has 1 fully saturated rings. The van der Waals surface area contributed by atoms with Crippen molar-refractivity contribution >= 4 is 27.5 Å². The number of para-hydroxylation sites is 2. The lowest BCUT2D eigenvalue weighted by molar-refractivity contribution is -0.140. The second kappa shape index (κ2) is 12.9. The maximum Gasteiger partial charge on any atom is 0.244 e. The fraction of sp³-hybridized carbons (Fsp3) is 0.500. The minimum atomic E-state index is -3.83. The molecule has 2 aromatic rings. The first-order valence-electron chi connectivity index (χ1n) is 13.0. The van der Waals surface area contributed by atoms with Crippen molar-refractivity contribution in [1.29, 1.82) is 0 Å². The summed E-state index contributed by atoms with van der Waals surface area (Å²) in [7, 11) is -3.83. The zero-order valence-corrected chi connectivity index (χ0v) is 23.1. The summed E-state index contributed by atoms with van der Waals surface area (Å²) in [5.74, 6) is -0.273. The Morgan fingerprint density at radius 2 is 1.70 bits per heavy atom. The van der Waals surface area contributed by atoms with Gasteiger partial charge in [0.25, 0.3) is 0 Å². The molecule has 1 N–H and O–H groups in total. The number of anilines is 1. The van der Waals surface area contributed by atoms with Crippen molar-refractivity contribution in [2.45, 2.75) is 71.5 Å². The number of sulfonamides is 1. The van der Waals surface area contributed by atoms with Crippen molar-refractivity contribution in [3.63, 3.8) is 0 Å². The third-order valence-corrected chi connectivity index (χ3v) is 7.93. The number of hydrogen-bond donors (Lipinski definition) is 1. The van der Waals surface area contributed by atoms with E-state index in [-0.39, 0.29) is 18.5 Å². The van der Waals surface area contributed by atoms with Gasteiger partial charge in [-0.1, -0.05) is 56.2 Å². The number of benzene rings is 2. The van der Waals surface area contributed by atoms with Crippen LogP contribution >= 0.6 is 0 Å². The number of rotatable bonds is 12. The van der Waals surface area contributed by atoms with Crippen molar-refractivity contribution in [2.24, 2.45) is 0 Å². The second-order valence-electron chi connectivity index (χ2n) is 9.53. The van der Waals surface area contributed by atoms with Gasteiger partial charge in [0, 0.05) is 12.6 Å². The topological polar surface area (TPSA) is 96.0 Å². The van der Waals surface area contributed by atoms with Crippen LogP contribution in [0.4, 0.5) is 5.69 Å². The first-order valence-corrected chi connectivity index (χ1v) is 14.8. The largest absolute Gasteiger partial charge is 0.492 e.